The molecule has 1 fully saturated rings. The molecule has 1 aromatic heterocycles. The number of nitrogens with two attached hydrogens (primary N) is 1. The Morgan fingerprint density at radius 3 is 3.00 bits per heavy atom. The summed E-state index contributed by atoms with van der Waals surface area (Å²) in [5, 5.41) is 3.16. The number of carbonyl (C=O) groups is 1. The molecule has 1 aliphatic heterocycles. The number of nitrogens with one attached hydrogen (secondary N) is 1. The lowest BCUT2D eigenvalue weighted by atomic mass is 10.1. The first kappa shape index (κ1) is 13.1. The fourth-order valence-corrected chi connectivity index (χ4v) is 2.54. The van der Waals surface area contributed by atoms with Crippen LogP contribution in [0.1, 0.15) is 5.76 Å². The second-order valence-corrected chi connectivity index (χ2v) is 5.50. The summed E-state index contributed by atoms with van der Waals surface area (Å²) in [4.78, 5) is 13.3. The lowest BCUT2D eigenvalue weighted by Gasteiger charge is -2.33. The number of halogens is 2. The van der Waals surface area contributed by atoms with Gasteiger partial charge in [-0.05, 0) is 37.9 Å². The van der Waals surface area contributed by atoms with E-state index in [0.29, 0.717) is 17.8 Å². The van der Waals surface area contributed by atoms with E-state index in [2.05, 4.69) is 37.2 Å². The topological polar surface area (TPSA) is 71.5 Å². The second-order valence-electron chi connectivity index (χ2n) is 3.93. The van der Waals surface area contributed by atoms with E-state index in [1.54, 1.807) is 0 Å². The van der Waals surface area contributed by atoms with Gasteiger partial charge in [0, 0.05) is 19.6 Å². The minimum Gasteiger partial charge on any atom is -0.452 e. The molecule has 0 radical (unpaired) electrons. The number of primary amides is 1. The van der Waals surface area contributed by atoms with Gasteiger partial charge in [0.15, 0.2) is 4.67 Å². The Kier molecular flexibility index (Phi) is 4.24. The molecule has 1 unspecified atom stereocenters. The van der Waals surface area contributed by atoms with Crippen LogP contribution in [0, 0.1) is 0 Å². The third kappa shape index (κ3) is 3.09. The van der Waals surface area contributed by atoms with Crippen molar-refractivity contribution in [2.45, 2.75) is 12.6 Å². The van der Waals surface area contributed by atoms with Crippen molar-refractivity contribution in [2.75, 3.05) is 19.6 Å². The van der Waals surface area contributed by atoms with Gasteiger partial charge in [-0.25, -0.2) is 0 Å². The molecule has 94 valence electrons. The zero-order valence-electron chi connectivity index (χ0n) is 9.08. The Hall–Kier alpha value is -0.370. The van der Waals surface area contributed by atoms with Crippen molar-refractivity contribution in [3.05, 3.63) is 21.0 Å². The first-order valence-electron chi connectivity index (χ1n) is 5.25. The minimum absolute atomic E-state index is 0.272. The number of furan rings is 1. The summed E-state index contributed by atoms with van der Waals surface area (Å²) in [5.74, 6) is 0.499. The molecule has 1 atom stereocenters. The van der Waals surface area contributed by atoms with Gasteiger partial charge in [0.05, 0.1) is 11.0 Å². The van der Waals surface area contributed by atoms with E-state index in [1.807, 2.05) is 11.0 Å². The van der Waals surface area contributed by atoms with Gasteiger partial charge in [0.25, 0.3) is 0 Å². The summed E-state index contributed by atoms with van der Waals surface area (Å²) in [7, 11) is 0. The van der Waals surface area contributed by atoms with Crippen LogP contribution in [0.25, 0.3) is 0 Å². The summed E-state index contributed by atoms with van der Waals surface area (Å²) in [5.41, 5.74) is 5.38. The van der Waals surface area contributed by atoms with E-state index in [-0.39, 0.29) is 11.9 Å². The van der Waals surface area contributed by atoms with Crippen LogP contribution in [0.2, 0.25) is 0 Å². The average molecular weight is 367 g/mol. The molecule has 0 aromatic carbocycles. The van der Waals surface area contributed by atoms with Crippen molar-refractivity contribution in [2.24, 2.45) is 5.73 Å². The zero-order valence-corrected chi connectivity index (χ0v) is 12.3. The van der Waals surface area contributed by atoms with Crippen molar-refractivity contribution >= 4 is 37.8 Å². The van der Waals surface area contributed by atoms with Crippen molar-refractivity contribution < 1.29 is 9.21 Å². The third-order valence-corrected chi connectivity index (χ3v) is 4.45. The van der Waals surface area contributed by atoms with Crippen LogP contribution in [-0.2, 0) is 11.3 Å². The van der Waals surface area contributed by atoms with E-state index in [9.17, 15) is 4.79 Å². The van der Waals surface area contributed by atoms with Crippen LogP contribution in [0.15, 0.2) is 19.6 Å². The first-order chi connectivity index (χ1) is 8.08. The molecular formula is C10H13Br2N3O2. The van der Waals surface area contributed by atoms with Crippen LogP contribution in [0.4, 0.5) is 0 Å². The smallest absolute Gasteiger partial charge is 0.236 e. The third-order valence-electron chi connectivity index (χ3n) is 2.74. The molecule has 3 N–H and O–H groups in total. The molecule has 1 aliphatic rings. The number of nitrogens with zero attached hydrogens (tertiary/aromatic N) is 1. The van der Waals surface area contributed by atoms with Gasteiger partial charge in [-0.2, -0.15) is 0 Å². The predicted molar refractivity (Wildman–Crippen MR) is 70.4 cm³/mol. The van der Waals surface area contributed by atoms with E-state index >= 15 is 0 Å². The average Bonchev–Trinajstić information content (AvgIpc) is 2.58. The number of hydrogen-bond acceptors (Lipinski definition) is 4. The molecule has 0 aliphatic carbocycles. The molecular weight excluding hydrogens is 354 g/mol. The fourth-order valence-electron chi connectivity index (χ4n) is 1.89. The molecule has 7 heteroatoms. The minimum atomic E-state index is -0.304. The van der Waals surface area contributed by atoms with Crippen LogP contribution in [-0.4, -0.2) is 36.5 Å². The maximum Gasteiger partial charge on any atom is 0.236 e. The van der Waals surface area contributed by atoms with Gasteiger partial charge in [0.2, 0.25) is 5.91 Å². The first-order valence-corrected chi connectivity index (χ1v) is 6.84. The normalized spacial score (nSPS) is 21.6. The summed E-state index contributed by atoms with van der Waals surface area (Å²) in [6.07, 6.45) is 0. The van der Waals surface area contributed by atoms with Gasteiger partial charge >= 0.3 is 0 Å². The van der Waals surface area contributed by atoms with Gasteiger partial charge in [-0.15, -0.1) is 0 Å². The summed E-state index contributed by atoms with van der Waals surface area (Å²) >= 11 is 6.65. The number of carbonyl (C=O) groups excluding carboxylic acids is 1. The maximum atomic E-state index is 11.3. The monoisotopic (exact) mass is 365 g/mol. The Bertz CT molecular complexity index is 402. The number of amides is 1. The lowest BCUT2D eigenvalue weighted by molar-refractivity contribution is -0.124. The van der Waals surface area contributed by atoms with Crippen LogP contribution < -0.4 is 11.1 Å². The van der Waals surface area contributed by atoms with Crippen LogP contribution in [0.3, 0.4) is 0 Å². The maximum absolute atomic E-state index is 11.3. The van der Waals surface area contributed by atoms with Gasteiger partial charge in [-0.3, -0.25) is 9.69 Å². The molecule has 17 heavy (non-hydrogen) atoms. The highest BCUT2D eigenvalue weighted by Crippen LogP contribution is 2.27. The Balaban J connectivity index is 2.07. The highest BCUT2D eigenvalue weighted by atomic mass is 79.9. The largest absolute Gasteiger partial charge is 0.452 e. The van der Waals surface area contributed by atoms with E-state index < -0.39 is 0 Å². The van der Waals surface area contributed by atoms with Crippen LogP contribution >= 0.6 is 31.9 Å². The number of hydrogen-bond donors (Lipinski definition) is 2. The van der Waals surface area contributed by atoms with Gasteiger partial charge in [-0.1, -0.05) is 0 Å². The molecule has 0 spiro atoms. The SMILES string of the molecule is NC(=O)C1CNCCN1Cc1cc(Br)c(Br)o1. The molecule has 5 nitrogen and oxygen atoms in total. The lowest BCUT2D eigenvalue weighted by Crippen LogP contribution is -2.56. The van der Waals surface area contributed by atoms with Gasteiger partial charge in [0.1, 0.15) is 11.8 Å². The van der Waals surface area contributed by atoms with Crippen molar-refractivity contribution in [3.63, 3.8) is 0 Å². The second kappa shape index (κ2) is 5.51. The van der Waals surface area contributed by atoms with Crippen molar-refractivity contribution in [1.29, 1.82) is 0 Å². The Morgan fingerprint density at radius 1 is 1.65 bits per heavy atom. The van der Waals surface area contributed by atoms with E-state index in [1.165, 1.54) is 0 Å². The number of piperazine rings is 1. The van der Waals surface area contributed by atoms with Crippen molar-refractivity contribution in [1.82, 2.24) is 10.2 Å². The van der Waals surface area contributed by atoms with Gasteiger partial charge < -0.3 is 15.5 Å². The van der Waals surface area contributed by atoms with Crippen molar-refractivity contribution in [3.8, 4) is 0 Å². The fraction of sp³-hybridized carbons (Fsp3) is 0.500. The van der Waals surface area contributed by atoms with E-state index in [0.717, 1.165) is 23.3 Å². The molecule has 2 heterocycles. The molecule has 2 rings (SSSR count). The predicted octanol–water partition coefficient (Wildman–Crippen LogP) is 1.06. The highest BCUT2D eigenvalue weighted by molar-refractivity contribution is 9.13. The molecule has 1 amide bonds. The standard InChI is InChI=1S/C10H13Br2N3O2/c11-7-3-6(17-9(7)12)5-15-2-1-14-4-8(15)10(13)16/h3,8,14H,1-2,4-5H2,(H2,13,16). The molecule has 1 aromatic rings. The quantitative estimate of drug-likeness (QED) is 0.839. The molecule has 1 saturated heterocycles. The highest BCUT2D eigenvalue weighted by Gasteiger charge is 2.27. The Morgan fingerprint density at radius 2 is 2.41 bits per heavy atom. The summed E-state index contributed by atoms with van der Waals surface area (Å²) in [6.45, 7) is 2.81. The molecule has 0 saturated carbocycles. The Labute approximate surface area is 116 Å². The van der Waals surface area contributed by atoms with E-state index in [4.69, 9.17) is 10.2 Å². The van der Waals surface area contributed by atoms with Crippen LogP contribution in [0.5, 0.6) is 0 Å². The number of rotatable bonds is 3. The summed E-state index contributed by atoms with van der Waals surface area (Å²) < 4.78 is 7.04. The summed E-state index contributed by atoms with van der Waals surface area (Å²) in [6, 6.07) is 1.62. The molecule has 0 bridgehead atoms. The zero-order chi connectivity index (χ0) is 12.4.